The van der Waals surface area contributed by atoms with Gasteiger partial charge in [0, 0.05) is 6.42 Å². The first-order valence-electron chi connectivity index (χ1n) is 6.23. The monoisotopic (exact) mass is 273 g/mol. The first kappa shape index (κ1) is 17.4. The average molecular weight is 273 g/mol. The predicted molar refractivity (Wildman–Crippen MR) is 70.9 cm³/mol. The highest BCUT2D eigenvalue weighted by molar-refractivity contribution is 5.68. The minimum Gasteiger partial charge on any atom is -0.481 e. The third kappa shape index (κ3) is 11.3. The molecule has 0 saturated heterocycles. The van der Waals surface area contributed by atoms with Gasteiger partial charge in [-0.05, 0) is 33.6 Å². The highest BCUT2D eigenvalue weighted by atomic mass is 16.6. The second kappa shape index (κ2) is 8.53. The number of rotatable bonds is 7. The second-order valence-electron chi connectivity index (χ2n) is 5.15. The number of carbonyl (C=O) groups is 2. The summed E-state index contributed by atoms with van der Waals surface area (Å²) in [4.78, 5) is 21.7. The van der Waals surface area contributed by atoms with Gasteiger partial charge in [0.15, 0.2) is 0 Å². The van der Waals surface area contributed by atoms with Gasteiger partial charge in [0.25, 0.3) is 0 Å². The van der Waals surface area contributed by atoms with E-state index < -0.39 is 23.7 Å². The number of hydrogen-bond acceptors (Lipinski definition) is 4. The van der Waals surface area contributed by atoms with Crippen LogP contribution in [0.1, 0.15) is 40.0 Å². The van der Waals surface area contributed by atoms with E-state index in [1.54, 1.807) is 32.9 Å². The maximum Gasteiger partial charge on any atom is 0.408 e. The Morgan fingerprint density at radius 2 is 2.00 bits per heavy atom. The van der Waals surface area contributed by atoms with Gasteiger partial charge in [-0.3, -0.25) is 4.79 Å². The molecular weight excluding hydrogens is 250 g/mol. The van der Waals surface area contributed by atoms with Gasteiger partial charge < -0.3 is 20.3 Å². The van der Waals surface area contributed by atoms with Crippen LogP contribution in [-0.2, 0) is 9.53 Å². The Kier molecular flexibility index (Phi) is 7.83. The maximum atomic E-state index is 11.5. The Balaban J connectivity index is 4.03. The molecule has 6 nitrogen and oxygen atoms in total. The van der Waals surface area contributed by atoms with Crippen LogP contribution in [0, 0.1) is 0 Å². The molecule has 0 rings (SSSR count). The van der Waals surface area contributed by atoms with Gasteiger partial charge in [-0.25, -0.2) is 4.79 Å². The number of allylic oxidation sites excluding steroid dienone is 1. The zero-order valence-electron chi connectivity index (χ0n) is 11.7. The van der Waals surface area contributed by atoms with Gasteiger partial charge in [0.2, 0.25) is 0 Å². The number of carbonyl (C=O) groups excluding carboxylic acids is 1. The Hall–Kier alpha value is -1.56. The van der Waals surface area contributed by atoms with Crippen molar-refractivity contribution in [1.82, 2.24) is 5.32 Å². The van der Waals surface area contributed by atoms with Gasteiger partial charge >= 0.3 is 12.1 Å². The van der Waals surface area contributed by atoms with Crippen molar-refractivity contribution < 1.29 is 24.5 Å². The van der Waals surface area contributed by atoms with Crippen LogP contribution >= 0.6 is 0 Å². The van der Waals surface area contributed by atoms with Crippen molar-refractivity contribution in [2.75, 3.05) is 6.61 Å². The van der Waals surface area contributed by atoms with E-state index in [2.05, 4.69) is 5.32 Å². The molecule has 0 aliphatic rings. The number of unbranched alkanes of at least 4 members (excludes halogenated alkanes) is 1. The summed E-state index contributed by atoms with van der Waals surface area (Å²) in [6, 6.07) is -0.528. The first-order valence-corrected chi connectivity index (χ1v) is 6.23. The van der Waals surface area contributed by atoms with Crippen LogP contribution < -0.4 is 5.32 Å². The molecule has 0 radical (unpaired) electrons. The van der Waals surface area contributed by atoms with Crippen molar-refractivity contribution >= 4 is 12.1 Å². The molecule has 110 valence electrons. The van der Waals surface area contributed by atoms with Crippen LogP contribution in [0.2, 0.25) is 0 Å². The standard InChI is InChI=1S/C13H23NO5/c1-13(2,3)19-12(18)14-10(9-15)7-5-4-6-8-11(16)17/h5,7,10,15H,4,6,8-9H2,1-3H3,(H,14,18)(H,16,17)/b7-5-. The zero-order chi connectivity index (χ0) is 14.9. The van der Waals surface area contributed by atoms with Crippen molar-refractivity contribution in [2.24, 2.45) is 0 Å². The molecule has 6 heteroatoms. The minimum absolute atomic E-state index is 0.105. The summed E-state index contributed by atoms with van der Waals surface area (Å²) in [5.41, 5.74) is -0.588. The van der Waals surface area contributed by atoms with Crippen molar-refractivity contribution in [3.63, 3.8) is 0 Å². The van der Waals surface area contributed by atoms with Gasteiger partial charge in [-0.15, -0.1) is 0 Å². The molecule has 0 aromatic heterocycles. The van der Waals surface area contributed by atoms with E-state index in [9.17, 15) is 9.59 Å². The fraction of sp³-hybridized carbons (Fsp3) is 0.692. The molecule has 0 aliphatic heterocycles. The zero-order valence-corrected chi connectivity index (χ0v) is 11.7. The van der Waals surface area contributed by atoms with Gasteiger partial charge in [0.05, 0.1) is 12.6 Å². The van der Waals surface area contributed by atoms with Gasteiger partial charge in [-0.1, -0.05) is 12.2 Å². The Morgan fingerprint density at radius 1 is 1.37 bits per heavy atom. The van der Waals surface area contributed by atoms with Crippen LogP contribution in [0.4, 0.5) is 4.79 Å². The molecule has 0 aliphatic carbocycles. The van der Waals surface area contributed by atoms with E-state index >= 15 is 0 Å². The van der Waals surface area contributed by atoms with Crippen LogP contribution in [0.5, 0.6) is 0 Å². The summed E-state index contributed by atoms with van der Waals surface area (Å²) < 4.78 is 5.06. The highest BCUT2D eigenvalue weighted by Gasteiger charge is 2.17. The molecule has 0 bridgehead atoms. The fourth-order valence-electron chi connectivity index (χ4n) is 1.25. The number of amides is 1. The summed E-state index contributed by atoms with van der Waals surface area (Å²) in [7, 11) is 0. The van der Waals surface area contributed by atoms with Crippen LogP contribution in [0.15, 0.2) is 12.2 Å². The van der Waals surface area contributed by atoms with E-state index in [1.807, 2.05) is 0 Å². The van der Waals surface area contributed by atoms with Gasteiger partial charge in [-0.2, -0.15) is 0 Å². The molecule has 0 heterocycles. The molecular formula is C13H23NO5. The number of aliphatic hydroxyl groups is 1. The molecule has 1 amide bonds. The molecule has 0 spiro atoms. The van der Waals surface area contributed by atoms with Crippen LogP contribution in [0.25, 0.3) is 0 Å². The predicted octanol–water partition coefficient (Wildman–Crippen LogP) is 1.68. The maximum absolute atomic E-state index is 11.5. The summed E-state index contributed by atoms with van der Waals surface area (Å²) >= 11 is 0. The third-order valence-corrected chi connectivity index (χ3v) is 2.03. The molecule has 3 N–H and O–H groups in total. The number of carboxylic acids is 1. The lowest BCUT2D eigenvalue weighted by Crippen LogP contribution is -2.39. The Morgan fingerprint density at radius 3 is 2.47 bits per heavy atom. The molecule has 0 saturated carbocycles. The first-order chi connectivity index (χ1) is 8.74. The number of aliphatic hydroxyl groups excluding tert-OH is 1. The minimum atomic E-state index is -0.834. The summed E-state index contributed by atoms with van der Waals surface area (Å²) in [5.74, 6) is -0.834. The van der Waals surface area contributed by atoms with Crippen LogP contribution in [-0.4, -0.2) is 40.5 Å². The smallest absolute Gasteiger partial charge is 0.408 e. The molecule has 1 atom stereocenters. The normalized spacial score (nSPS) is 13.3. The highest BCUT2D eigenvalue weighted by Crippen LogP contribution is 2.07. The number of nitrogens with one attached hydrogen (secondary N) is 1. The van der Waals surface area contributed by atoms with E-state index in [1.165, 1.54) is 0 Å². The van der Waals surface area contributed by atoms with E-state index in [-0.39, 0.29) is 13.0 Å². The number of aliphatic carboxylic acids is 1. The lowest BCUT2D eigenvalue weighted by Gasteiger charge is -2.21. The van der Waals surface area contributed by atoms with Crippen molar-refractivity contribution in [2.45, 2.75) is 51.7 Å². The SMILES string of the molecule is CC(C)(C)OC(=O)NC(/C=C\CCCC(=O)O)CO. The number of ether oxygens (including phenoxy) is 1. The van der Waals surface area contributed by atoms with E-state index in [0.29, 0.717) is 12.8 Å². The number of alkyl carbamates (subject to hydrolysis) is 1. The van der Waals surface area contributed by atoms with E-state index in [0.717, 1.165) is 0 Å². The molecule has 0 aromatic carbocycles. The van der Waals surface area contributed by atoms with Crippen molar-refractivity contribution in [3.05, 3.63) is 12.2 Å². The van der Waals surface area contributed by atoms with E-state index in [4.69, 9.17) is 14.9 Å². The molecule has 1 unspecified atom stereocenters. The molecule has 0 fully saturated rings. The Labute approximate surface area is 113 Å². The summed E-state index contributed by atoms with van der Waals surface area (Å²) in [6.07, 6.45) is 3.98. The molecule has 19 heavy (non-hydrogen) atoms. The lowest BCUT2D eigenvalue weighted by atomic mass is 10.2. The summed E-state index contributed by atoms with van der Waals surface area (Å²) in [6.45, 7) is 5.02. The quantitative estimate of drug-likeness (QED) is 0.484. The fourth-order valence-corrected chi connectivity index (χ4v) is 1.25. The third-order valence-electron chi connectivity index (χ3n) is 2.03. The van der Waals surface area contributed by atoms with Crippen molar-refractivity contribution in [3.8, 4) is 0 Å². The average Bonchev–Trinajstić information content (AvgIpc) is 2.24. The summed E-state index contributed by atoms with van der Waals surface area (Å²) in [5, 5.41) is 20.1. The number of hydrogen-bond donors (Lipinski definition) is 3. The van der Waals surface area contributed by atoms with Gasteiger partial charge in [0.1, 0.15) is 5.60 Å². The largest absolute Gasteiger partial charge is 0.481 e. The second-order valence-corrected chi connectivity index (χ2v) is 5.15. The number of carboxylic acid groups (broad SMARTS) is 1. The lowest BCUT2D eigenvalue weighted by molar-refractivity contribution is -0.137. The Bertz CT molecular complexity index is 319. The van der Waals surface area contributed by atoms with Crippen LogP contribution in [0.3, 0.4) is 0 Å². The van der Waals surface area contributed by atoms with Crippen molar-refractivity contribution in [1.29, 1.82) is 0 Å². The molecule has 0 aromatic rings. The topological polar surface area (TPSA) is 95.9 Å².